The van der Waals surface area contributed by atoms with Gasteiger partial charge in [0.05, 0.1) is 0 Å². The minimum Gasteiger partial charge on any atom is -0.507 e. The van der Waals surface area contributed by atoms with Crippen molar-refractivity contribution in [2.45, 2.75) is 13.5 Å². The molecular weight excluding hydrogens is 271 g/mol. The summed E-state index contributed by atoms with van der Waals surface area (Å²) in [7, 11) is 0. The smallest absolute Gasteiger partial charge is 0.262 e. The number of phenols is 1. The van der Waals surface area contributed by atoms with Crippen molar-refractivity contribution in [3.05, 3.63) is 59.4 Å². The van der Waals surface area contributed by atoms with Gasteiger partial charge >= 0.3 is 0 Å². The normalized spacial score (nSPS) is 10.4. The molecule has 5 heteroatoms. The first-order chi connectivity index (χ1) is 10.1. The molecule has 0 unspecified atom stereocenters. The molecule has 0 fully saturated rings. The number of hydrogen-bond acceptors (Lipinski definition) is 3. The maximum Gasteiger partial charge on any atom is 0.262 e. The van der Waals surface area contributed by atoms with E-state index in [1.165, 1.54) is 12.1 Å². The number of aromatic hydroxyl groups is 1. The predicted molar refractivity (Wildman–Crippen MR) is 79.8 cm³/mol. The highest BCUT2D eigenvalue weighted by molar-refractivity contribution is 6.06. The van der Waals surface area contributed by atoms with Gasteiger partial charge in [-0.3, -0.25) is 4.79 Å². The molecule has 0 aliphatic rings. The average Bonchev–Trinajstić information content (AvgIpc) is 2.46. The van der Waals surface area contributed by atoms with Gasteiger partial charge in [0.25, 0.3) is 5.91 Å². The summed E-state index contributed by atoms with van der Waals surface area (Å²) in [6, 6.07) is 11.0. The summed E-state index contributed by atoms with van der Waals surface area (Å²) in [6.07, 6.45) is 0. The second-order valence-electron chi connectivity index (χ2n) is 4.57. The number of rotatable bonds is 5. The fourth-order valence-electron chi connectivity index (χ4n) is 1.91. The van der Waals surface area contributed by atoms with Gasteiger partial charge in [0, 0.05) is 12.2 Å². The highest BCUT2D eigenvalue weighted by Crippen LogP contribution is 2.21. The first kappa shape index (κ1) is 15.0. The molecule has 0 atom stereocenters. The summed E-state index contributed by atoms with van der Waals surface area (Å²) in [5.41, 5.74) is 1.28. The van der Waals surface area contributed by atoms with E-state index in [2.05, 4.69) is 10.6 Å². The number of carbonyl (C=O) groups is 1. The maximum atomic E-state index is 13.6. The van der Waals surface area contributed by atoms with Crippen LogP contribution in [0.5, 0.6) is 5.75 Å². The van der Waals surface area contributed by atoms with Gasteiger partial charge in [-0.05, 0) is 36.4 Å². The third kappa shape index (κ3) is 3.79. The molecule has 0 spiro atoms. The average molecular weight is 288 g/mol. The molecule has 0 bridgehead atoms. The number of carbonyl (C=O) groups excluding carboxylic acids is 1. The lowest BCUT2D eigenvalue weighted by Crippen LogP contribution is -2.14. The van der Waals surface area contributed by atoms with Crippen LogP contribution in [0.2, 0.25) is 0 Å². The zero-order chi connectivity index (χ0) is 15.2. The van der Waals surface area contributed by atoms with Crippen molar-refractivity contribution in [1.82, 2.24) is 5.32 Å². The zero-order valence-corrected chi connectivity index (χ0v) is 11.7. The van der Waals surface area contributed by atoms with Crippen molar-refractivity contribution in [2.24, 2.45) is 0 Å². The van der Waals surface area contributed by atoms with E-state index >= 15 is 0 Å². The first-order valence-corrected chi connectivity index (χ1v) is 6.70. The fraction of sp³-hybridized carbons (Fsp3) is 0.188. The summed E-state index contributed by atoms with van der Waals surface area (Å²) >= 11 is 0. The maximum absolute atomic E-state index is 13.6. The van der Waals surface area contributed by atoms with E-state index in [1.807, 2.05) is 19.1 Å². The van der Waals surface area contributed by atoms with Gasteiger partial charge in [0.15, 0.2) is 0 Å². The molecule has 0 aliphatic heterocycles. The minimum absolute atomic E-state index is 0.353. The summed E-state index contributed by atoms with van der Waals surface area (Å²) in [5.74, 6) is -1.81. The molecule has 0 saturated heterocycles. The van der Waals surface area contributed by atoms with Crippen LogP contribution in [0, 0.1) is 5.82 Å². The Kier molecular flexibility index (Phi) is 4.90. The SMILES string of the molecule is CCNCc1ccc(NC(=O)c2c(O)cccc2F)cc1. The Labute approximate surface area is 122 Å². The Morgan fingerprint density at radius 3 is 2.52 bits per heavy atom. The van der Waals surface area contributed by atoms with Crippen LogP contribution in [0.15, 0.2) is 42.5 Å². The van der Waals surface area contributed by atoms with Gasteiger partial charge in [-0.25, -0.2) is 4.39 Å². The second kappa shape index (κ2) is 6.85. The first-order valence-electron chi connectivity index (χ1n) is 6.70. The van der Waals surface area contributed by atoms with Crippen LogP contribution in [0.4, 0.5) is 10.1 Å². The van der Waals surface area contributed by atoms with Crippen molar-refractivity contribution < 1.29 is 14.3 Å². The van der Waals surface area contributed by atoms with Crippen LogP contribution in [-0.4, -0.2) is 17.6 Å². The molecule has 21 heavy (non-hydrogen) atoms. The molecule has 0 aromatic heterocycles. The Morgan fingerprint density at radius 2 is 1.90 bits per heavy atom. The van der Waals surface area contributed by atoms with Crippen LogP contribution in [0.1, 0.15) is 22.8 Å². The third-order valence-electron chi connectivity index (χ3n) is 3.01. The number of hydrogen-bond donors (Lipinski definition) is 3. The largest absolute Gasteiger partial charge is 0.507 e. The van der Waals surface area contributed by atoms with Gasteiger partial charge in [0.1, 0.15) is 17.1 Å². The minimum atomic E-state index is -0.753. The van der Waals surface area contributed by atoms with Crippen LogP contribution >= 0.6 is 0 Å². The molecule has 0 radical (unpaired) electrons. The Morgan fingerprint density at radius 1 is 1.19 bits per heavy atom. The fourth-order valence-corrected chi connectivity index (χ4v) is 1.91. The third-order valence-corrected chi connectivity index (χ3v) is 3.01. The van der Waals surface area contributed by atoms with Gasteiger partial charge in [-0.15, -0.1) is 0 Å². The predicted octanol–water partition coefficient (Wildman–Crippen LogP) is 2.89. The Bertz CT molecular complexity index is 606. The molecule has 2 rings (SSSR count). The van der Waals surface area contributed by atoms with Crippen molar-refractivity contribution in [3.8, 4) is 5.75 Å². The summed E-state index contributed by atoms with van der Waals surface area (Å²) in [4.78, 5) is 12.0. The van der Waals surface area contributed by atoms with E-state index in [4.69, 9.17) is 0 Å². The van der Waals surface area contributed by atoms with Crippen molar-refractivity contribution in [2.75, 3.05) is 11.9 Å². The lowest BCUT2D eigenvalue weighted by molar-refractivity contribution is 0.102. The van der Waals surface area contributed by atoms with Crippen LogP contribution in [-0.2, 0) is 6.54 Å². The lowest BCUT2D eigenvalue weighted by Gasteiger charge is -2.08. The van der Waals surface area contributed by atoms with E-state index in [0.29, 0.717) is 5.69 Å². The van der Waals surface area contributed by atoms with Gasteiger partial charge in [-0.2, -0.15) is 0 Å². The number of benzene rings is 2. The second-order valence-corrected chi connectivity index (χ2v) is 4.57. The highest BCUT2D eigenvalue weighted by Gasteiger charge is 2.16. The van der Waals surface area contributed by atoms with Crippen LogP contribution < -0.4 is 10.6 Å². The van der Waals surface area contributed by atoms with Crippen molar-refractivity contribution in [1.29, 1.82) is 0 Å². The number of halogens is 1. The molecule has 0 aliphatic carbocycles. The number of nitrogens with one attached hydrogen (secondary N) is 2. The summed E-state index contributed by atoms with van der Waals surface area (Å²) < 4.78 is 13.6. The van der Waals surface area contributed by atoms with E-state index in [0.717, 1.165) is 24.7 Å². The van der Waals surface area contributed by atoms with Gasteiger partial charge in [-0.1, -0.05) is 25.1 Å². The topological polar surface area (TPSA) is 61.4 Å². The van der Waals surface area contributed by atoms with Crippen molar-refractivity contribution in [3.63, 3.8) is 0 Å². The monoisotopic (exact) mass is 288 g/mol. The quantitative estimate of drug-likeness (QED) is 0.793. The van der Waals surface area contributed by atoms with Gasteiger partial charge in [0.2, 0.25) is 0 Å². The van der Waals surface area contributed by atoms with Crippen LogP contribution in [0.25, 0.3) is 0 Å². The molecule has 2 aromatic carbocycles. The number of phenolic OH excluding ortho intramolecular Hbond substituents is 1. The Hall–Kier alpha value is -2.40. The zero-order valence-electron chi connectivity index (χ0n) is 11.7. The number of amides is 1. The standard InChI is InChI=1S/C16H17FN2O2/c1-2-18-10-11-6-8-12(9-7-11)19-16(21)15-13(17)4-3-5-14(15)20/h3-9,18,20H,2,10H2,1H3,(H,19,21). The Balaban J connectivity index is 2.09. The molecule has 0 heterocycles. The van der Waals surface area contributed by atoms with Crippen LogP contribution in [0.3, 0.4) is 0 Å². The van der Waals surface area contributed by atoms with E-state index in [1.54, 1.807) is 12.1 Å². The molecule has 4 nitrogen and oxygen atoms in total. The molecule has 0 saturated carbocycles. The summed E-state index contributed by atoms with van der Waals surface area (Å²) in [5, 5.41) is 15.3. The van der Waals surface area contributed by atoms with E-state index in [-0.39, 0.29) is 11.3 Å². The lowest BCUT2D eigenvalue weighted by atomic mass is 10.1. The summed E-state index contributed by atoms with van der Waals surface area (Å²) in [6.45, 7) is 3.65. The molecule has 2 aromatic rings. The van der Waals surface area contributed by atoms with E-state index < -0.39 is 11.7 Å². The van der Waals surface area contributed by atoms with Gasteiger partial charge < -0.3 is 15.7 Å². The number of anilines is 1. The molecule has 3 N–H and O–H groups in total. The van der Waals surface area contributed by atoms with E-state index in [9.17, 15) is 14.3 Å². The highest BCUT2D eigenvalue weighted by atomic mass is 19.1. The molecule has 110 valence electrons. The molecular formula is C16H17FN2O2. The van der Waals surface area contributed by atoms with Crippen molar-refractivity contribution >= 4 is 11.6 Å². The molecule has 1 amide bonds.